The second-order valence-electron chi connectivity index (χ2n) is 9.23. The number of likely N-dealkylation sites (tertiary alicyclic amines) is 1. The molecule has 1 aliphatic heterocycles. The average molecular weight is 501 g/mol. The maximum absolute atomic E-state index is 13.6. The standard InChI is InChI=1S/C29H29ClN4O2/c30-24-10-8-21(9-11-24)20-34-26-7-2-1-5-23(26)19-27(34)29(36)33-17-13-22(14-18-33)28(35)32-16-12-25-6-3-4-15-31-25/h1-11,15,19,22H,12-14,16-18,20H2,(H,32,35). The van der Waals surface area contributed by atoms with Gasteiger partial charge in [-0.2, -0.15) is 0 Å². The molecule has 0 spiro atoms. The minimum absolute atomic E-state index is 0.00849. The first-order chi connectivity index (χ1) is 17.6. The van der Waals surface area contributed by atoms with Gasteiger partial charge in [0.05, 0.1) is 0 Å². The smallest absolute Gasteiger partial charge is 0.270 e. The number of piperidine rings is 1. The van der Waals surface area contributed by atoms with Crippen molar-refractivity contribution in [1.29, 1.82) is 0 Å². The quantitative estimate of drug-likeness (QED) is 0.390. The van der Waals surface area contributed by atoms with Gasteiger partial charge in [0, 0.05) is 66.3 Å². The van der Waals surface area contributed by atoms with Gasteiger partial charge >= 0.3 is 0 Å². The Kier molecular flexibility index (Phi) is 7.33. The number of rotatable bonds is 7. The Bertz CT molecular complexity index is 1340. The number of pyridine rings is 1. The van der Waals surface area contributed by atoms with E-state index in [0.717, 1.165) is 22.2 Å². The molecule has 184 valence electrons. The molecule has 1 saturated heterocycles. The highest BCUT2D eigenvalue weighted by atomic mass is 35.5. The van der Waals surface area contributed by atoms with E-state index in [1.165, 1.54) is 0 Å². The molecular formula is C29H29ClN4O2. The van der Waals surface area contributed by atoms with Crippen molar-refractivity contribution in [3.63, 3.8) is 0 Å². The number of hydrogen-bond donors (Lipinski definition) is 1. The fourth-order valence-corrected chi connectivity index (χ4v) is 4.97. The van der Waals surface area contributed by atoms with E-state index in [-0.39, 0.29) is 17.7 Å². The molecule has 2 amide bonds. The van der Waals surface area contributed by atoms with Gasteiger partial charge in [0.2, 0.25) is 5.91 Å². The van der Waals surface area contributed by atoms with Crippen molar-refractivity contribution in [3.05, 3.63) is 101 Å². The SMILES string of the molecule is O=C(NCCc1ccccn1)C1CCN(C(=O)c2cc3ccccc3n2Cc2ccc(Cl)cc2)CC1. The second kappa shape index (κ2) is 11.0. The van der Waals surface area contributed by atoms with Crippen molar-refractivity contribution in [3.8, 4) is 0 Å². The van der Waals surface area contributed by atoms with E-state index in [9.17, 15) is 9.59 Å². The predicted octanol–water partition coefficient (Wildman–Crippen LogP) is 4.95. The summed E-state index contributed by atoms with van der Waals surface area (Å²) in [7, 11) is 0. The number of carbonyl (C=O) groups excluding carboxylic acids is 2. The minimum Gasteiger partial charge on any atom is -0.355 e. The number of aromatic nitrogens is 2. The number of fused-ring (bicyclic) bond motifs is 1. The summed E-state index contributed by atoms with van der Waals surface area (Å²) in [6, 6.07) is 23.6. The van der Waals surface area contributed by atoms with Crippen LogP contribution in [0.4, 0.5) is 0 Å². The Hall–Kier alpha value is -3.64. The summed E-state index contributed by atoms with van der Waals surface area (Å²) in [6.07, 6.45) is 3.80. The van der Waals surface area contributed by atoms with Crippen molar-refractivity contribution in [1.82, 2.24) is 19.8 Å². The van der Waals surface area contributed by atoms with Crippen molar-refractivity contribution in [2.75, 3.05) is 19.6 Å². The number of nitrogens with one attached hydrogen (secondary N) is 1. The highest BCUT2D eigenvalue weighted by molar-refractivity contribution is 6.30. The zero-order valence-electron chi connectivity index (χ0n) is 20.1. The molecule has 4 aromatic rings. The van der Waals surface area contributed by atoms with Crippen molar-refractivity contribution >= 4 is 34.3 Å². The van der Waals surface area contributed by atoms with E-state index in [1.54, 1.807) is 6.20 Å². The molecule has 6 nitrogen and oxygen atoms in total. The highest BCUT2D eigenvalue weighted by Gasteiger charge is 2.29. The van der Waals surface area contributed by atoms with Crippen LogP contribution in [0.5, 0.6) is 0 Å². The zero-order chi connectivity index (χ0) is 24.9. The van der Waals surface area contributed by atoms with E-state index >= 15 is 0 Å². The number of nitrogens with zero attached hydrogens (tertiary/aromatic N) is 3. The number of amides is 2. The van der Waals surface area contributed by atoms with Gasteiger partial charge in [0.1, 0.15) is 5.69 Å². The van der Waals surface area contributed by atoms with Crippen LogP contribution in [0, 0.1) is 5.92 Å². The van der Waals surface area contributed by atoms with Gasteiger partial charge in [-0.3, -0.25) is 14.6 Å². The number of para-hydroxylation sites is 1. The predicted molar refractivity (Wildman–Crippen MR) is 142 cm³/mol. The van der Waals surface area contributed by atoms with Crippen LogP contribution in [0.2, 0.25) is 5.02 Å². The molecule has 0 bridgehead atoms. The molecule has 1 aliphatic rings. The van der Waals surface area contributed by atoms with Gasteiger partial charge in [-0.15, -0.1) is 0 Å². The number of benzene rings is 2. The molecule has 7 heteroatoms. The molecule has 0 aliphatic carbocycles. The van der Waals surface area contributed by atoms with Crippen LogP contribution in [0.3, 0.4) is 0 Å². The molecular weight excluding hydrogens is 472 g/mol. The third kappa shape index (κ3) is 5.44. The third-order valence-corrected chi connectivity index (χ3v) is 7.10. The topological polar surface area (TPSA) is 67.2 Å². The van der Waals surface area contributed by atoms with Crippen LogP contribution in [0.25, 0.3) is 10.9 Å². The third-order valence-electron chi connectivity index (χ3n) is 6.84. The Morgan fingerprint density at radius 3 is 2.47 bits per heavy atom. The van der Waals surface area contributed by atoms with E-state index in [1.807, 2.05) is 77.7 Å². The van der Waals surface area contributed by atoms with Gasteiger partial charge in [-0.05, 0) is 54.8 Å². The van der Waals surface area contributed by atoms with Crippen LogP contribution in [0.1, 0.15) is 34.6 Å². The molecule has 1 N–H and O–H groups in total. The molecule has 36 heavy (non-hydrogen) atoms. The Morgan fingerprint density at radius 1 is 0.972 bits per heavy atom. The zero-order valence-corrected chi connectivity index (χ0v) is 20.8. The maximum Gasteiger partial charge on any atom is 0.270 e. The molecule has 0 unspecified atom stereocenters. The van der Waals surface area contributed by atoms with Gasteiger partial charge < -0.3 is 14.8 Å². The van der Waals surface area contributed by atoms with Gasteiger partial charge in [0.15, 0.2) is 0 Å². The summed E-state index contributed by atoms with van der Waals surface area (Å²) in [6.45, 7) is 2.29. The number of hydrogen-bond acceptors (Lipinski definition) is 3. The highest BCUT2D eigenvalue weighted by Crippen LogP contribution is 2.25. The molecule has 0 saturated carbocycles. The van der Waals surface area contributed by atoms with Crippen LogP contribution < -0.4 is 5.32 Å². The van der Waals surface area contributed by atoms with Crippen molar-refractivity contribution in [2.45, 2.75) is 25.8 Å². The first-order valence-corrected chi connectivity index (χ1v) is 12.8. The van der Waals surface area contributed by atoms with E-state index in [2.05, 4.69) is 14.9 Å². The Morgan fingerprint density at radius 2 is 1.72 bits per heavy atom. The van der Waals surface area contributed by atoms with Crippen LogP contribution in [0.15, 0.2) is 79.0 Å². The largest absolute Gasteiger partial charge is 0.355 e. The summed E-state index contributed by atoms with van der Waals surface area (Å²) < 4.78 is 2.08. The molecule has 2 aromatic carbocycles. The Balaban J connectivity index is 1.23. The summed E-state index contributed by atoms with van der Waals surface area (Å²) >= 11 is 6.06. The first kappa shape index (κ1) is 24.1. The molecule has 1 fully saturated rings. The first-order valence-electron chi connectivity index (χ1n) is 12.4. The van der Waals surface area contributed by atoms with Gasteiger partial charge in [-0.1, -0.05) is 48.0 Å². The van der Waals surface area contributed by atoms with Crippen LogP contribution >= 0.6 is 11.6 Å². The minimum atomic E-state index is -0.0716. The summed E-state index contributed by atoms with van der Waals surface area (Å²) in [4.78, 5) is 32.5. The van der Waals surface area contributed by atoms with Gasteiger partial charge in [-0.25, -0.2) is 0 Å². The van der Waals surface area contributed by atoms with Gasteiger partial charge in [0.25, 0.3) is 5.91 Å². The van der Waals surface area contributed by atoms with Crippen LogP contribution in [-0.2, 0) is 17.8 Å². The lowest BCUT2D eigenvalue weighted by atomic mass is 9.95. The summed E-state index contributed by atoms with van der Waals surface area (Å²) in [5.41, 5.74) is 3.74. The molecule has 0 radical (unpaired) electrons. The lowest BCUT2D eigenvalue weighted by Gasteiger charge is -2.31. The van der Waals surface area contributed by atoms with Crippen molar-refractivity contribution < 1.29 is 9.59 Å². The molecule has 0 atom stereocenters. The fraction of sp³-hybridized carbons (Fsp3) is 0.276. The molecule has 3 heterocycles. The fourth-order valence-electron chi connectivity index (χ4n) is 4.84. The summed E-state index contributed by atoms with van der Waals surface area (Å²) in [5.74, 6) is 0.00163. The lowest BCUT2D eigenvalue weighted by molar-refractivity contribution is -0.126. The van der Waals surface area contributed by atoms with E-state index in [4.69, 9.17) is 11.6 Å². The Labute approximate surface area is 215 Å². The van der Waals surface area contributed by atoms with Crippen molar-refractivity contribution in [2.24, 2.45) is 5.92 Å². The monoisotopic (exact) mass is 500 g/mol. The normalized spacial score (nSPS) is 14.2. The maximum atomic E-state index is 13.6. The molecule has 2 aromatic heterocycles. The van der Waals surface area contributed by atoms with E-state index in [0.29, 0.717) is 56.2 Å². The van der Waals surface area contributed by atoms with Crippen LogP contribution in [-0.4, -0.2) is 45.9 Å². The second-order valence-corrected chi connectivity index (χ2v) is 9.67. The number of carbonyl (C=O) groups is 2. The number of halogens is 1. The van der Waals surface area contributed by atoms with E-state index < -0.39 is 0 Å². The lowest BCUT2D eigenvalue weighted by Crippen LogP contribution is -2.43. The summed E-state index contributed by atoms with van der Waals surface area (Å²) in [5, 5.41) is 4.77. The average Bonchev–Trinajstić information content (AvgIpc) is 3.28. The molecule has 5 rings (SSSR count).